The standard InChI is InChI=1S/C17H29N3/c1-15(2)18-9-8-16-6-4-5-7-17(16)14-20-12-10-19(3)11-13-20/h4-7,15,18H,8-14H2,1-3H3. The van der Waals surface area contributed by atoms with Crippen molar-refractivity contribution in [1.29, 1.82) is 0 Å². The van der Waals surface area contributed by atoms with E-state index in [0.717, 1.165) is 19.5 Å². The van der Waals surface area contributed by atoms with Crippen molar-refractivity contribution in [1.82, 2.24) is 15.1 Å². The summed E-state index contributed by atoms with van der Waals surface area (Å²) >= 11 is 0. The minimum Gasteiger partial charge on any atom is -0.314 e. The summed E-state index contributed by atoms with van der Waals surface area (Å²) in [5.74, 6) is 0. The number of benzene rings is 1. The summed E-state index contributed by atoms with van der Waals surface area (Å²) in [7, 11) is 2.21. The molecule has 1 heterocycles. The Morgan fingerprint density at radius 1 is 1.05 bits per heavy atom. The summed E-state index contributed by atoms with van der Waals surface area (Å²) < 4.78 is 0. The van der Waals surface area contributed by atoms with Crippen molar-refractivity contribution in [2.45, 2.75) is 32.9 Å². The summed E-state index contributed by atoms with van der Waals surface area (Å²) in [6.07, 6.45) is 1.13. The lowest BCUT2D eigenvalue weighted by Gasteiger charge is -2.32. The van der Waals surface area contributed by atoms with Gasteiger partial charge >= 0.3 is 0 Å². The average molecular weight is 275 g/mol. The van der Waals surface area contributed by atoms with E-state index in [0.29, 0.717) is 6.04 Å². The lowest BCUT2D eigenvalue weighted by Crippen LogP contribution is -2.44. The molecular formula is C17H29N3. The number of hydrogen-bond acceptors (Lipinski definition) is 3. The molecule has 3 nitrogen and oxygen atoms in total. The molecule has 1 saturated heterocycles. The van der Waals surface area contributed by atoms with Gasteiger partial charge in [-0.3, -0.25) is 4.90 Å². The van der Waals surface area contributed by atoms with Gasteiger partial charge in [0.1, 0.15) is 0 Å². The lowest BCUT2D eigenvalue weighted by atomic mass is 10.0. The van der Waals surface area contributed by atoms with E-state index in [9.17, 15) is 0 Å². The third-order valence-corrected chi connectivity index (χ3v) is 4.06. The molecule has 1 aliphatic rings. The van der Waals surface area contributed by atoms with Gasteiger partial charge < -0.3 is 10.2 Å². The number of nitrogens with zero attached hydrogens (tertiary/aromatic N) is 2. The van der Waals surface area contributed by atoms with Crippen LogP contribution in [0.4, 0.5) is 0 Å². The molecule has 1 N–H and O–H groups in total. The second-order valence-corrected chi connectivity index (χ2v) is 6.21. The molecule has 0 bridgehead atoms. The summed E-state index contributed by atoms with van der Waals surface area (Å²) in [4.78, 5) is 4.99. The largest absolute Gasteiger partial charge is 0.314 e. The van der Waals surface area contributed by atoms with E-state index in [2.05, 4.69) is 60.3 Å². The van der Waals surface area contributed by atoms with Crippen molar-refractivity contribution in [2.75, 3.05) is 39.8 Å². The van der Waals surface area contributed by atoms with Gasteiger partial charge in [-0.15, -0.1) is 0 Å². The Bertz CT molecular complexity index is 395. The first-order valence-electron chi connectivity index (χ1n) is 7.86. The van der Waals surface area contributed by atoms with Crippen LogP contribution in [0.5, 0.6) is 0 Å². The van der Waals surface area contributed by atoms with E-state index in [4.69, 9.17) is 0 Å². The van der Waals surface area contributed by atoms with Crippen LogP contribution in [-0.2, 0) is 13.0 Å². The van der Waals surface area contributed by atoms with Crippen molar-refractivity contribution >= 4 is 0 Å². The number of hydrogen-bond donors (Lipinski definition) is 1. The van der Waals surface area contributed by atoms with E-state index < -0.39 is 0 Å². The van der Waals surface area contributed by atoms with Crippen LogP contribution in [0.15, 0.2) is 24.3 Å². The first-order chi connectivity index (χ1) is 9.65. The quantitative estimate of drug-likeness (QED) is 0.856. The van der Waals surface area contributed by atoms with Crippen molar-refractivity contribution in [3.05, 3.63) is 35.4 Å². The van der Waals surface area contributed by atoms with Crippen molar-refractivity contribution in [3.8, 4) is 0 Å². The second kappa shape index (κ2) is 7.77. The SMILES string of the molecule is CC(C)NCCc1ccccc1CN1CCN(C)CC1. The Hall–Kier alpha value is -0.900. The number of likely N-dealkylation sites (N-methyl/N-ethyl adjacent to an activating group) is 1. The maximum atomic E-state index is 3.51. The topological polar surface area (TPSA) is 18.5 Å². The maximum Gasteiger partial charge on any atom is 0.0237 e. The van der Waals surface area contributed by atoms with Crippen molar-refractivity contribution in [2.24, 2.45) is 0 Å². The normalized spacial score (nSPS) is 17.8. The molecule has 0 unspecified atom stereocenters. The Labute approximate surface area is 124 Å². The molecule has 1 aromatic carbocycles. The molecule has 0 atom stereocenters. The van der Waals surface area contributed by atoms with Gasteiger partial charge in [0.05, 0.1) is 0 Å². The van der Waals surface area contributed by atoms with Crippen molar-refractivity contribution in [3.63, 3.8) is 0 Å². The molecule has 20 heavy (non-hydrogen) atoms. The van der Waals surface area contributed by atoms with Crippen LogP contribution < -0.4 is 5.32 Å². The fraction of sp³-hybridized carbons (Fsp3) is 0.647. The number of nitrogens with one attached hydrogen (secondary N) is 1. The van der Waals surface area contributed by atoms with E-state index in [1.807, 2.05) is 0 Å². The highest BCUT2D eigenvalue weighted by atomic mass is 15.2. The predicted octanol–water partition coefficient (Wildman–Crippen LogP) is 1.97. The predicted molar refractivity (Wildman–Crippen MR) is 86.1 cm³/mol. The fourth-order valence-corrected chi connectivity index (χ4v) is 2.70. The molecule has 0 aliphatic carbocycles. The van der Waals surface area contributed by atoms with Gasteiger partial charge in [0, 0.05) is 38.8 Å². The molecule has 1 aliphatic heterocycles. The Morgan fingerprint density at radius 3 is 2.35 bits per heavy atom. The molecule has 0 aromatic heterocycles. The van der Waals surface area contributed by atoms with Crippen LogP contribution in [0, 0.1) is 0 Å². The van der Waals surface area contributed by atoms with Gasteiger partial charge in [-0.25, -0.2) is 0 Å². The van der Waals surface area contributed by atoms with Gasteiger partial charge in [0.25, 0.3) is 0 Å². The van der Waals surface area contributed by atoms with Gasteiger partial charge in [-0.05, 0) is 31.1 Å². The van der Waals surface area contributed by atoms with Crippen LogP contribution in [-0.4, -0.2) is 55.6 Å². The summed E-state index contributed by atoms with van der Waals surface area (Å²) in [5, 5.41) is 3.51. The van der Waals surface area contributed by atoms with Gasteiger partial charge in [-0.1, -0.05) is 38.1 Å². The Morgan fingerprint density at radius 2 is 1.70 bits per heavy atom. The van der Waals surface area contributed by atoms with Gasteiger partial charge in [-0.2, -0.15) is 0 Å². The maximum absolute atomic E-state index is 3.51. The summed E-state index contributed by atoms with van der Waals surface area (Å²) in [6, 6.07) is 9.49. The molecule has 3 heteroatoms. The molecular weight excluding hydrogens is 246 g/mol. The Kier molecular flexibility index (Phi) is 6.02. The molecule has 112 valence electrons. The first-order valence-corrected chi connectivity index (χ1v) is 7.86. The van der Waals surface area contributed by atoms with Crippen LogP contribution in [0.25, 0.3) is 0 Å². The molecule has 0 spiro atoms. The lowest BCUT2D eigenvalue weighted by molar-refractivity contribution is 0.148. The van der Waals surface area contributed by atoms with Crippen LogP contribution >= 0.6 is 0 Å². The molecule has 0 amide bonds. The van der Waals surface area contributed by atoms with E-state index >= 15 is 0 Å². The number of rotatable bonds is 6. The molecule has 0 saturated carbocycles. The monoisotopic (exact) mass is 275 g/mol. The molecule has 1 fully saturated rings. The summed E-state index contributed by atoms with van der Waals surface area (Å²) in [6.45, 7) is 11.3. The van der Waals surface area contributed by atoms with E-state index in [-0.39, 0.29) is 0 Å². The zero-order valence-corrected chi connectivity index (χ0v) is 13.2. The van der Waals surface area contributed by atoms with E-state index in [1.165, 1.54) is 37.3 Å². The highest BCUT2D eigenvalue weighted by molar-refractivity contribution is 5.27. The Balaban J connectivity index is 1.90. The molecule has 0 radical (unpaired) electrons. The highest BCUT2D eigenvalue weighted by Crippen LogP contribution is 2.13. The third-order valence-electron chi connectivity index (χ3n) is 4.06. The van der Waals surface area contributed by atoms with Crippen LogP contribution in [0.3, 0.4) is 0 Å². The highest BCUT2D eigenvalue weighted by Gasteiger charge is 2.14. The smallest absolute Gasteiger partial charge is 0.0237 e. The fourth-order valence-electron chi connectivity index (χ4n) is 2.70. The van der Waals surface area contributed by atoms with Gasteiger partial charge in [0.2, 0.25) is 0 Å². The van der Waals surface area contributed by atoms with Crippen LogP contribution in [0.2, 0.25) is 0 Å². The average Bonchev–Trinajstić information content (AvgIpc) is 2.43. The van der Waals surface area contributed by atoms with Gasteiger partial charge in [0.15, 0.2) is 0 Å². The first kappa shape index (κ1) is 15.5. The van der Waals surface area contributed by atoms with Crippen molar-refractivity contribution < 1.29 is 0 Å². The molecule has 1 aromatic rings. The zero-order chi connectivity index (χ0) is 14.4. The minimum absolute atomic E-state index is 0.569. The van der Waals surface area contributed by atoms with Crippen LogP contribution in [0.1, 0.15) is 25.0 Å². The van der Waals surface area contributed by atoms with E-state index in [1.54, 1.807) is 0 Å². The zero-order valence-electron chi connectivity index (χ0n) is 13.2. The third kappa shape index (κ3) is 4.89. The molecule has 2 rings (SSSR count). The second-order valence-electron chi connectivity index (χ2n) is 6.21. The number of piperazine rings is 1. The minimum atomic E-state index is 0.569. The summed E-state index contributed by atoms with van der Waals surface area (Å²) in [5.41, 5.74) is 3.00.